The third kappa shape index (κ3) is 4.99. The standard InChI is InChI=1S/C12H20N4O3/c1-3-7-16(9-11(17)18)12(19)14-5-4-10-13-6-8-15(10)2/h6,8H,3-5,7,9H2,1-2H3,(H,14,19)(H,17,18). The van der Waals surface area contributed by atoms with Crippen LogP contribution in [0.25, 0.3) is 0 Å². The number of carbonyl (C=O) groups excluding carboxylic acids is 1. The van der Waals surface area contributed by atoms with E-state index in [1.165, 1.54) is 4.90 Å². The van der Waals surface area contributed by atoms with Crippen molar-refractivity contribution in [2.75, 3.05) is 19.6 Å². The molecule has 1 aromatic heterocycles. The Bertz CT molecular complexity index is 430. The van der Waals surface area contributed by atoms with Gasteiger partial charge in [0.25, 0.3) is 0 Å². The number of carboxylic acid groups (broad SMARTS) is 1. The van der Waals surface area contributed by atoms with E-state index in [1.807, 2.05) is 24.7 Å². The molecule has 7 nitrogen and oxygen atoms in total. The molecule has 2 N–H and O–H groups in total. The molecule has 1 heterocycles. The average molecular weight is 268 g/mol. The highest BCUT2D eigenvalue weighted by Crippen LogP contribution is 1.96. The molecule has 0 aliphatic heterocycles. The fourth-order valence-electron chi connectivity index (χ4n) is 1.72. The number of aliphatic carboxylic acids is 1. The summed E-state index contributed by atoms with van der Waals surface area (Å²) in [7, 11) is 1.89. The second kappa shape index (κ2) is 7.40. The number of carboxylic acids is 1. The van der Waals surface area contributed by atoms with Crippen molar-refractivity contribution in [2.24, 2.45) is 7.05 Å². The summed E-state index contributed by atoms with van der Waals surface area (Å²) in [6.07, 6.45) is 4.87. The summed E-state index contributed by atoms with van der Waals surface area (Å²) < 4.78 is 1.88. The minimum absolute atomic E-state index is 0.276. The van der Waals surface area contributed by atoms with Crippen molar-refractivity contribution in [3.05, 3.63) is 18.2 Å². The SMILES string of the molecule is CCCN(CC(=O)O)C(=O)NCCc1nccn1C. The summed E-state index contributed by atoms with van der Waals surface area (Å²) in [5, 5.41) is 11.4. The number of rotatable bonds is 7. The number of hydrogen-bond donors (Lipinski definition) is 2. The molecule has 0 atom stereocenters. The second-order valence-electron chi connectivity index (χ2n) is 4.25. The normalized spacial score (nSPS) is 10.2. The molecule has 0 saturated carbocycles. The number of nitrogens with zero attached hydrogens (tertiary/aromatic N) is 3. The number of nitrogens with one attached hydrogen (secondary N) is 1. The van der Waals surface area contributed by atoms with Crippen molar-refractivity contribution in [3.63, 3.8) is 0 Å². The van der Waals surface area contributed by atoms with E-state index in [0.717, 1.165) is 12.2 Å². The summed E-state index contributed by atoms with van der Waals surface area (Å²) in [5.74, 6) is -0.131. The molecular formula is C12H20N4O3. The summed E-state index contributed by atoms with van der Waals surface area (Å²) in [4.78, 5) is 27.9. The summed E-state index contributed by atoms with van der Waals surface area (Å²) in [5.41, 5.74) is 0. The average Bonchev–Trinajstić information content (AvgIpc) is 2.74. The number of urea groups is 1. The largest absolute Gasteiger partial charge is 0.480 e. The smallest absolute Gasteiger partial charge is 0.323 e. The second-order valence-corrected chi connectivity index (χ2v) is 4.25. The van der Waals surface area contributed by atoms with Gasteiger partial charge in [-0.25, -0.2) is 9.78 Å². The maximum atomic E-state index is 11.8. The molecule has 1 aromatic rings. The first-order valence-corrected chi connectivity index (χ1v) is 6.25. The molecule has 0 unspecified atom stereocenters. The molecule has 0 fully saturated rings. The van der Waals surface area contributed by atoms with Crippen molar-refractivity contribution >= 4 is 12.0 Å². The Morgan fingerprint density at radius 3 is 2.79 bits per heavy atom. The van der Waals surface area contributed by atoms with Crippen LogP contribution in [0, 0.1) is 0 Å². The molecule has 0 aliphatic carbocycles. The number of aromatic nitrogens is 2. The van der Waals surface area contributed by atoms with Crippen LogP contribution in [0.2, 0.25) is 0 Å². The van der Waals surface area contributed by atoms with Crippen LogP contribution in [-0.4, -0.2) is 51.2 Å². The third-order valence-electron chi connectivity index (χ3n) is 2.65. The van der Waals surface area contributed by atoms with Crippen molar-refractivity contribution in [1.82, 2.24) is 19.8 Å². The minimum atomic E-state index is -1.01. The van der Waals surface area contributed by atoms with Gasteiger partial charge >= 0.3 is 12.0 Å². The summed E-state index contributed by atoms with van der Waals surface area (Å²) in [6, 6.07) is -0.349. The first kappa shape index (κ1) is 15.0. The zero-order valence-electron chi connectivity index (χ0n) is 11.3. The molecule has 0 aliphatic rings. The topological polar surface area (TPSA) is 87.5 Å². The molecule has 0 spiro atoms. The van der Waals surface area contributed by atoms with E-state index in [2.05, 4.69) is 10.3 Å². The zero-order valence-corrected chi connectivity index (χ0v) is 11.3. The van der Waals surface area contributed by atoms with E-state index in [-0.39, 0.29) is 12.6 Å². The first-order chi connectivity index (χ1) is 9.04. The van der Waals surface area contributed by atoms with Crippen molar-refractivity contribution in [3.8, 4) is 0 Å². The van der Waals surface area contributed by atoms with Gasteiger partial charge in [0.1, 0.15) is 12.4 Å². The van der Waals surface area contributed by atoms with Crippen LogP contribution in [-0.2, 0) is 18.3 Å². The highest BCUT2D eigenvalue weighted by Gasteiger charge is 2.15. The van der Waals surface area contributed by atoms with Gasteiger partial charge in [-0.05, 0) is 6.42 Å². The molecular weight excluding hydrogens is 248 g/mol. The van der Waals surface area contributed by atoms with Crippen LogP contribution in [0.3, 0.4) is 0 Å². The Morgan fingerprint density at radius 2 is 2.26 bits per heavy atom. The van der Waals surface area contributed by atoms with Crippen molar-refractivity contribution in [2.45, 2.75) is 19.8 Å². The van der Waals surface area contributed by atoms with Crippen LogP contribution < -0.4 is 5.32 Å². The highest BCUT2D eigenvalue weighted by atomic mass is 16.4. The highest BCUT2D eigenvalue weighted by molar-refractivity contribution is 5.80. The summed E-state index contributed by atoms with van der Waals surface area (Å²) >= 11 is 0. The van der Waals surface area contributed by atoms with E-state index >= 15 is 0 Å². The number of carbonyl (C=O) groups is 2. The molecule has 19 heavy (non-hydrogen) atoms. The van der Waals surface area contributed by atoms with Crippen molar-refractivity contribution < 1.29 is 14.7 Å². The van der Waals surface area contributed by atoms with Crippen LogP contribution in [0.15, 0.2) is 12.4 Å². The first-order valence-electron chi connectivity index (χ1n) is 6.25. The minimum Gasteiger partial charge on any atom is -0.480 e. The Morgan fingerprint density at radius 1 is 1.53 bits per heavy atom. The van der Waals surface area contributed by atoms with Gasteiger partial charge in [0.2, 0.25) is 0 Å². The molecule has 0 bridgehead atoms. The lowest BCUT2D eigenvalue weighted by Gasteiger charge is -2.20. The quantitative estimate of drug-likeness (QED) is 0.752. The van der Waals surface area contributed by atoms with Crippen LogP contribution in [0.5, 0.6) is 0 Å². The fourth-order valence-corrected chi connectivity index (χ4v) is 1.72. The van der Waals surface area contributed by atoms with Crippen LogP contribution in [0.4, 0.5) is 4.79 Å². The van der Waals surface area contributed by atoms with E-state index in [0.29, 0.717) is 19.5 Å². The molecule has 0 radical (unpaired) electrons. The molecule has 7 heteroatoms. The number of hydrogen-bond acceptors (Lipinski definition) is 3. The van der Waals surface area contributed by atoms with E-state index in [1.54, 1.807) is 6.20 Å². The van der Waals surface area contributed by atoms with Gasteiger partial charge in [0.05, 0.1) is 0 Å². The molecule has 0 saturated heterocycles. The van der Waals surface area contributed by atoms with Gasteiger partial charge in [-0.2, -0.15) is 0 Å². The fraction of sp³-hybridized carbons (Fsp3) is 0.583. The van der Waals surface area contributed by atoms with E-state index < -0.39 is 5.97 Å². The van der Waals surface area contributed by atoms with Gasteiger partial charge in [-0.15, -0.1) is 0 Å². The molecule has 0 aromatic carbocycles. The maximum absolute atomic E-state index is 11.8. The lowest BCUT2D eigenvalue weighted by atomic mass is 10.4. The predicted octanol–water partition coefficient (Wildman–Crippen LogP) is 0.469. The lowest BCUT2D eigenvalue weighted by molar-refractivity contribution is -0.137. The van der Waals surface area contributed by atoms with Gasteiger partial charge in [0, 0.05) is 39.0 Å². The Kier molecular flexibility index (Phi) is 5.84. The Hall–Kier alpha value is -2.05. The van der Waals surface area contributed by atoms with Crippen LogP contribution in [0.1, 0.15) is 19.2 Å². The van der Waals surface area contributed by atoms with Gasteiger partial charge < -0.3 is 19.9 Å². The Balaban J connectivity index is 2.39. The number of amides is 2. The summed E-state index contributed by atoms with van der Waals surface area (Å²) in [6.45, 7) is 2.49. The predicted molar refractivity (Wildman–Crippen MR) is 69.8 cm³/mol. The monoisotopic (exact) mass is 268 g/mol. The molecule has 1 rings (SSSR count). The van der Waals surface area contributed by atoms with Gasteiger partial charge in [0.15, 0.2) is 0 Å². The Labute approximate surface area is 112 Å². The van der Waals surface area contributed by atoms with E-state index in [4.69, 9.17) is 5.11 Å². The molecule has 106 valence electrons. The molecule has 2 amide bonds. The lowest BCUT2D eigenvalue weighted by Crippen LogP contribution is -2.43. The number of imidazole rings is 1. The van der Waals surface area contributed by atoms with Gasteiger partial charge in [-0.3, -0.25) is 4.79 Å². The van der Waals surface area contributed by atoms with Crippen molar-refractivity contribution in [1.29, 1.82) is 0 Å². The van der Waals surface area contributed by atoms with Gasteiger partial charge in [-0.1, -0.05) is 6.92 Å². The number of aryl methyl sites for hydroxylation is 1. The third-order valence-corrected chi connectivity index (χ3v) is 2.65. The van der Waals surface area contributed by atoms with Crippen LogP contribution >= 0.6 is 0 Å². The maximum Gasteiger partial charge on any atom is 0.323 e. The zero-order chi connectivity index (χ0) is 14.3. The van der Waals surface area contributed by atoms with E-state index in [9.17, 15) is 9.59 Å².